The Bertz CT molecular complexity index is 358. The highest BCUT2D eigenvalue weighted by atomic mass is 79.9. The van der Waals surface area contributed by atoms with Crippen LogP contribution in [0, 0.1) is 29.6 Å². The van der Waals surface area contributed by atoms with Gasteiger partial charge in [-0.15, -0.1) is 0 Å². The molecule has 0 amide bonds. The summed E-state index contributed by atoms with van der Waals surface area (Å²) >= 11 is 3.57. The lowest BCUT2D eigenvalue weighted by atomic mass is 9.75. The molecule has 0 radical (unpaired) electrons. The third-order valence-electron chi connectivity index (χ3n) is 4.84. The lowest BCUT2D eigenvalue weighted by Crippen LogP contribution is -2.35. The lowest BCUT2D eigenvalue weighted by molar-refractivity contribution is -0.146. The van der Waals surface area contributed by atoms with Crippen LogP contribution in [0.4, 0.5) is 0 Å². The van der Waals surface area contributed by atoms with Crippen molar-refractivity contribution in [2.24, 2.45) is 29.6 Å². The molecule has 1 N–H and O–H groups in total. The molecular formula is C12H15BrO4. The predicted molar refractivity (Wildman–Crippen MR) is 62.6 cm³/mol. The first-order valence-corrected chi connectivity index (χ1v) is 7.01. The molecule has 0 aromatic heterocycles. The van der Waals surface area contributed by atoms with Crippen molar-refractivity contribution in [1.82, 2.24) is 0 Å². The summed E-state index contributed by atoms with van der Waals surface area (Å²) in [5.74, 6) is 0.701. The van der Waals surface area contributed by atoms with E-state index in [-0.39, 0.29) is 28.7 Å². The Morgan fingerprint density at radius 1 is 1.18 bits per heavy atom. The summed E-state index contributed by atoms with van der Waals surface area (Å²) in [7, 11) is 0. The molecule has 7 atom stereocenters. The number of carboxylic acid groups (broad SMARTS) is 1. The normalized spacial score (nSPS) is 51.2. The number of aliphatic carboxylic acids is 1. The zero-order valence-electron chi connectivity index (χ0n) is 9.29. The summed E-state index contributed by atoms with van der Waals surface area (Å²) in [6.07, 6.45) is 2.46. The highest BCUT2D eigenvalue weighted by Gasteiger charge is 2.61. The minimum atomic E-state index is -0.684. The molecule has 4 nitrogen and oxygen atoms in total. The first-order valence-electron chi connectivity index (χ1n) is 6.09. The maximum atomic E-state index is 11.3. The molecule has 4 saturated carbocycles. The minimum Gasteiger partial charge on any atom is -0.481 e. The fourth-order valence-electron chi connectivity index (χ4n) is 4.07. The van der Waals surface area contributed by atoms with Crippen LogP contribution in [0.25, 0.3) is 0 Å². The molecule has 0 aromatic rings. The van der Waals surface area contributed by atoms with E-state index in [1.54, 1.807) is 0 Å². The van der Waals surface area contributed by atoms with Crippen LogP contribution in [0.15, 0.2) is 0 Å². The Morgan fingerprint density at radius 2 is 1.88 bits per heavy atom. The van der Waals surface area contributed by atoms with E-state index in [9.17, 15) is 14.7 Å². The molecule has 94 valence electrons. The molecule has 0 spiro atoms. The molecule has 0 heterocycles. The Balaban J connectivity index is 1.89. The van der Waals surface area contributed by atoms with Crippen LogP contribution in [0.2, 0.25) is 0 Å². The number of carbonyl (C=O) groups is 2. The number of ether oxygens (including phenoxy) is 1. The smallest absolute Gasteiger partial charge is 0.306 e. The van der Waals surface area contributed by atoms with Gasteiger partial charge in [-0.3, -0.25) is 9.59 Å². The van der Waals surface area contributed by atoms with Crippen LogP contribution in [-0.4, -0.2) is 28.5 Å². The summed E-state index contributed by atoms with van der Waals surface area (Å²) in [4.78, 5) is 22.0. The van der Waals surface area contributed by atoms with Crippen LogP contribution in [0.1, 0.15) is 19.3 Å². The summed E-state index contributed by atoms with van der Waals surface area (Å²) < 4.78 is 5.21. The average Bonchev–Trinajstić information content (AvgIpc) is 3.05. The topological polar surface area (TPSA) is 63.6 Å². The average molecular weight is 303 g/mol. The lowest BCUT2D eigenvalue weighted by Gasteiger charge is -2.30. The number of fused-ring (bicyclic) bond motifs is 3. The van der Waals surface area contributed by atoms with E-state index in [0.717, 1.165) is 12.8 Å². The molecule has 4 aliphatic carbocycles. The number of rotatable bonds is 3. The maximum Gasteiger partial charge on any atom is 0.306 e. The van der Waals surface area contributed by atoms with Gasteiger partial charge in [0.05, 0.1) is 10.7 Å². The summed E-state index contributed by atoms with van der Waals surface area (Å²) in [6, 6.07) is 0. The number of hydrogen-bond acceptors (Lipinski definition) is 3. The van der Waals surface area contributed by atoms with Crippen LogP contribution >= 0.6 is 15.9 Å². The first-order chi connectivity index (χ1) is 8.13. The summed E-state index contributed by atoms with van der Waals surface area (Å²) in [6.45, 7) is 0.505. The zero-order valence-corrected chi connectivity index (χ0v) is 10.9. The quantitative estimate of drug-likeness (QED) is 0.636. The van der Waals surface area contributed by atoms with Crippen molar-refractivity contribution in [2.75, 3.05) is 0 Å². The highest BCUT2D eigenvalue weighted by molar-refractivity contribution is 9.09. The zero-order chi connectivity index (χ0) is 12.2. The monoisotopic (exact) mass is 302 g/mol. The molecule has 17 heavy (non-hydrogen) atoms. The van der Waals surface area contributed by atoms with Gasteiger partial charge in [0.2, 0.25) is 0 Å². The predicted octanol–water partition coefficient (Wildman–Crippen LogP) is 1.67. The number of carboxylic acids is 1. The van der Waals surface area contributed by atoms with Gasteiger partial charge in [0.25, 0.3) is 6.47 Å². The van der Waals surface area contributed by atoms with E-state index >= 15 is 0 Å². The Kier molecular flexibility index (Phi) is 2.69. The fourth-order valence-corrected chi connectivity index (χ4v) is 5.02. The summed E-state index contributed by atoms with van der Waals surface area (Å²) in [5.41, 5.74) is 0. The van der Waals surface area contributed by atoms with Gasteiger partial charge in [-0.2, -0.15) is 0 Å². The van der Waals surface area contributed by atoms with Crippen molar-refractivity contribution in [2.45, 2.75) is 30.2 Å². The van der Waals surface area contributed by atoms with Crippen molar-refractivity contribution < 1.29 is 19.4 Å². The van der Waals surface area contributed by atoms with Crippen molar-refractivity contribution >= 4 is 28.4 Å². The number of carbonyl (C=O) groups excluding carboxylic acids is 1. The van der Waals surface area contributed by atoms with Crippen molar-refractivity contribution in [3.63, 3.8) is 0 Å². The van der Waals surface area contributed by atoms with Gasteiger partial charge in [-0.1, -0.05) is 15.9 Å². The molecular weight excluding hydrogens is 288 g/mol. The van der Waals surface area contributed by atoms with Gasteiger partial charge < -0.3 is 9.84 Å². The van der Waals surface area contributed by atoms with E-state index in [0.29, 0.717) is 24.7 Å². The fraction of sp³-hybridized carbons (Fsp3) is 0.833. The second kappa shape index (κ2) is 3.97. The third kappa shape index (κ3) is 1.70. The van der Waals surface area contributed by atoms with E-state index < -0.39 is 5.97 Å². The van der Waals surface area contributed by atoms with Crippen molar-refractivity contribution in [3.8, 4) is 0 Å². The summed E-state index contributed by atoms with van der Waals surface area (Å²) in [5, 5.41) is 9.30. The van der Waals surface area contributed by atoms with E-state index in [4.69, 9.17) is 4.74 Å². The Hall–Kier alpha value is -0.580. The molecule has 0 aromatic carbocycles. The molecule has 2 bridgehead atoms. The van der Waals surface area contributed by atoms with Gasteiger partial charge in [0, 0.05) is 5.92 Å². The molecule has 2 unspecified atom stereocenters. The van der Waals surface area contributed by atoms with Crippen molar-refractivity contribution in [3.05, 3.63) is 0 Å². The molecule has 4 fully saturated rings. The second-order valence-corrected chi connectivity index (χ2v) is 6.70. The minimum absolute atomic E-state index is 0.111. The number of alkyl halides is 1. The largest absolute Gasteiger partial charge is 0.481 e. The van der Waals surface area contributed by atoms with Gasteiger partial charge in [-0.05, 0) is 37.0 Å². The third-order valence-corrected chi connectivity index (χ3v) is 5.73. The first kappa shape index (κ1) is 11.5. The second-order valence-electron chi connectivity index (χ2n) is 5.52. The molecule has 0 saturated heterocycles. The van der Waals surface area contributed by atoms with Gasteiger partial charge in [0.15, 0.2) is 0 Å². The van der Waals surface area contributed by atoms with Gasteiger partial charge in [-0.25, -0.2) is 0 Å². The van der Waals surface area contributed by atoms with Gasteiger partial charge >= 0.3 is 5.97 Å². The maximum absolute atomic E-state index is 11.3. The SMILES string of the molecule is O=CO[C@H]1C2C[C@@H](C(=O)O)C(C[C@@H]1Br)[C@H]1C[C@@H]21. The molecule has 5 heteroatoms. The van der Waals surface area contributed by atoms with E-state index in [1.165, 1.54) is 0 Å². The molecule has 0 aliphatic heterocycles. The highest BCUT2D eigenvalue weighted by Crippen LogP contribution is 2.63. The van der Waals surface area contributed by atoms with E-state index in [1.807, 2.05) is 0 Å². The van der Waals surface area contributed by atoms with Crippen LogP contribution < -0.4 is 0 Å². The van der Waals surface area contributed by atoms with Crippen LogP contribution in [-0.2, 0) is 14.3 Å². The number of halogens is 1. The van der Waals surface area contributed by atoms with Gasteiger partial charge in [0.1, 0.15) is 6.10 Å². The number of hydrogen-bond donors (Lipinski definition) is 1. The van der Waals surface area contributed by atoms with Crippen molar-refractivity contribution in [1.29, 1.82) is 0 Å². The Morgan fingerprint density at radius 3 is 2.53 bits per heavy atom. The van der Waals surface area contributed by atoms with E-state index in [2.05, 4.69) is 15.9 Å². The molecule has 4 aliphatic rings. The molecule has 4 rings (SSSR count). The van der Waals surface area contributed by atoms with Crippen LogP contribution in [0.3, 0.4) is 0 Å². The standard InChI is InChI=1S/C12H15BrO4/c13-10-3-7-5-1-6(5)8(11(10)17-4-14)2-9(7)12(15)16/h4-11H,1-3H2,(H,15,16)/t5-,6+,7?,8?,9+,10-,11-/m0/s1. The van der Waals surface area contributed by atoms with Crippen LogP contribution in [0.5, 0.6) is 0 Å². The Labute approximate surface area is 108 Å².